The smallest absolute Gasteiger partial charge is 0.347 e. The number of nitrogens with one attached hydrogen (secondary N) is 1. The molecule has 1 unspecified atom stereocenters. The molecular formula is C14H20N4O4. The molecule has 2 amide bonds. The van der Waals surface area contributed by atoms with E-state index in [0.29, 0.717) is 19.4 Å². The third kappa shape index (κ3) is 2.87. The summed E-state index contributed by atoms with van der Waals surface area (Å²) in [7, 11) is 3.03. The lowest BCUT2D eigenvalue weighted by atomic mass is 9.95. The first-order valence-electron chi connectivity index (χ1n) is 7.08. The predicted octanol–water partition coefficient (Wildman–Crippen LogP) is -1.00. The van der Waals surface area contributed by atoms with Crippen molar-refractivity contribution in [2.45, 2.75) is 24.9 Å². The number of amides is 2. The number of nitrogens with zero attached hydrogens (tertiary/aromatic N) is 3. The van der Waals surface area contributed by atoms with Gasteiger partial charge < -0.3 is 15.0 Å². The molecule has 8 heteroatoms. The number of hydrogen-bond donors (Lipinski definition) is 1. The fraction of sp³-hybridized carbons (Fsp3) is 0.571. The van der Waals surface area contributed by atoms with Crippen LogP contribution < -0.4 is 11.0 Å². The summed E-state index contributed by atoms with van der Waals surface area (Å²) in [4.78, 5) is 41.6. The SMILES string of the molecule is CNC(=O)C1(COC)CCCN1C(=O)Cn1cccnc1=O. The molecule has 2 heterocycles. The van der Waals surface area contributed by atoms with E-state index in [4.69, 9.17) is 4.74 Å². The van der Waals surface area contributed by atoms with Gasteiger partial charge in [-0.25, -0.2) is 9.78 Å². The number of carbonyl (C=O) groups is 2. The molecule has 1 aromatic rings. The van der Waals surface area contributed by atoms with Gasteiger partial charge in [0.1, 0.15) is 12.1 Å². The minimum atomic E-state index is -1.01. The van der Waals surface area contributed by atoms with Gasteiger partial charge in [0.05, 0.1) is 6.61 Å². The van der Waals surface area contributed by atoms with E-state index in [1.807, 2.05) is 0 Å². The van der Waals surface area contributed by atoms with E-state index in [0.717, 1.165) is 0 Å². The van der Waals surface area contributed by atoms with Crippen LogP contribution in [0.4, 0.5) is 0 Å². The molecule has 0 spiro atoms. The second kappa shape index (κ2) is 6.69. The van der Waals surface area contributed by atoms with Crippen molar-refractivity contribution in [3.8, 4) is 0 Å². The molecule has 0 bridgehead atoms. The van der Waals surface area contributed by atoms with Gasteiger partial charge >= 0.3 is 5.69 Å². The standard InChI is InChI=1S/C14H20N4O4/c1-15-12(20)14(10-22-2)5-3-8-18(14)11(19)9-17-7-4-6-16-13(17)21/h4,6-7H,3,5,8-10H2,1-2H3,(H,15,20). The normalized spacial score (nSPS) is 20.9. The number of ether oxygens (including phenoxy) is 1. The van der Waals surface area contributed by atoms with Crippen molar-refractivity contribution in [2.75, 3.05) is 27.3 Å². The van der Waals surface area contributed by atoms with Crippen LogP contribution in [0, 0.1) is 0 Å². The molecule has 1 aromatic heterocycles. The number of carbonyl (C=O) groups excluding carboxylic acids is 2. The van der Waals surface area contributed by atoms with Crippen LogP contribution in [0.1, 0.15) is 12.8 Å². The molecule has 1 atom stereocenters. The highest BCUT2D eigenvalue weighted by Gasteiger charge is 2.49. The van der Waals surface area contributed by atoms with E-state index >= 15 is 0 Å². The van der Waals surface area contributed by atoms with Crippen LogP contribution in [-0.2, 0) is 20.9 Å². The first-order valence-corrected chi connectivity index (χ1v) is 7.08. The Bertz CT molecular complexity index is 615. The van der Waals surface area contributed by atoms with Crippen molar-refractivity contribution in [3.63, 3.8) is 0 Å². The number of rotatable bonds is 5. The van der Waals surface area contributed by atoms with Gasteiger partial charge in [-0.3, -0.25) is 14.2 Å². The predicted molar refractivity (Wildman–Crippen MR) is 78.1 cm³/mol. The number of likely N-dealkylation sites (tertiary alicyclic amines) is 1. The van der Waals surface area contributed by atoms with Crippen LogP contribution in [0.15, 0.2) is 23.3 Å². The van der Waals surface area contributed by atoms with Crippen molar-refractivity contribution in [1.29, 1.82) is 0 Å². The molecule has 22 heavy (non-hydrogen) atoms. The Kier molecular flexibility index (Phi) is 4.92. The van der Waals surface area contributed by atoms with Crippen LogP contribution in [0.25, 0.3) is 0 Å². The molecule has 1 N–H and O–H groups in total. The summed E-state index contributed by atoms with van der Waals surface area (Å²) in [6, 6.07) is 1.58. The van der Waals surface area contributed by atoms with E-state index in [1.165, 1.54) is 36.0 Å². The molecule has 0 aliphatic carbocycles. The zero-order valence-electron chi connectivity index (χ0n) is 12.7. The molecule has 0 aromatic carbocycles. The molecule has 0 saturated carbocycles. The maximum Gasteiger partial charge on any atom is 0.347 e. The number of hydrogen-bond acceptors (Lipinski definition) is 5. The third-order valence-electron chi connectivity index (χ3n) is 3.91. The van der Waals surface area contributed by atoms with Gasteiger partial charge in [0.15, 0.2) is 0 Å². The van der Waals surface area contributed by atoms with E-state index in [-0.39, 0.29) is 25.0 Å². The lowest BCUT2D eigenvalue weighted by Crippen LogP contribution is -2.60. The summed E-state index contributed by atoms with van der Waals surface area (Å²) in [6.07, 6.45) is 4.12. The van der Waals surface area contributed by atoms with Crippen LogP contribution in [0.5, 0.6) is 0 Å². The minimum Gasteiger partial charge on any atom is -0.382 e. The van der Waals surface area contributed by atoms with E-state index < -0.39 is 11.2 Å². The topological polar surface area (TPSA) is 93.5 Å². The van der Waals surface area contributed by atoms with Crippen molar-refractivity contribution >= 4 is 11.8 Å². The third-order valence-corrected chi connectivity index (χ3v) is 3.91. The fourth-order valence-corrected chi connectivity index (χ4v) is 2.90. The summed E-state index contributed by atoms with van der Waals surface area (Å²) < 4.78 is 6.40. The molecule has 120 valence electrons. The van der Waals surface area contributed by atoms with E-state index in [9.17, 15) is 14.4 Å². The summed E-state index contributed by atoms with van der Waals surface area (Å²) >= 11 is 0. The van der Waals surface area contributed by atoms with Gasteiger partial charge in [0.2, 0.25) is 11.8 Å². The lowest BCUT2D eigenvalue weighted by Gasteiger charge is -2.36. The summed E-state index contributed by atoms with van der Waals surface area (Å²) in [5, 5.41) is 2.60. The number of likely N-dealkylation sites (N-methyl/N-ethyl adjacent to an activating group) is 1. The van der Waals surface area contributed by atoms with Gasteiger partial charge in [-0.1, -0.05) is 0 Å². The van der Waals surface area contributed by atoms with Crippen LogP contribution >= 0.6 is 0 Å². The van der Waals surface area contributed by atoms with Crippen LogP contribution in [0.2, 0.25) is 0 Å². The first kappa shape index (κ1) is 16.2. The molecule has 1 fully saturated rings. The Labute approximate surface area is 128 Å². The second-order valence-electron chi connectivity index (χ2n) is 5.22. The average Bonchev–Trinajstić information content (AvgIpc) is 2.94. The molecular weight excluding hydrogens is 288 g/mol. The van der Waals surface area contributed by atoms with Gasteiger partial charge in [0, 0.05) is 33.1 Å². The molecule has 1 aliphatic heterocycles. The fourth-order valence-electron chi connectivity index (χ4n) is 2.90. The lowest BCUT2D eigenvalue weighted by molar-refractivity contribution is -0.148. The Morgan fingerprint density at radius 1 is 1.50 bits per heavy atom. The van der Waals surface area contributed by atoms with Gasteiger partial charge in [-0.15, -0.1) is 0 Å². The zero-order valence-corrected chi connectivity index (χ0v) is 12.7. The van der Waals surface area contributed by atoms with Gasteiger partial charge in [0.25, 0.3) is 0 Å². The highest BCUT2D eigenvalue weighted by Crippen LogP contribution is 2.30. The first-order chi connectivity index (χ1) is 10.5. The summed E-state index contributed by atoms with van der Waals surface area (Å²) in [5.41, 5.74) is -1.50. The van der Waals surface area contributed by atoms with E-state index in [1.54, 1.807) is 6.07 Å². The average molecular weight is 308 g/mol. The number of methoxy groups -OCH3 is 1. The molecule has 1 saturated heterocycles. The highest BCUT2D eigenvalue weighted by molar-refractivity contribution is 5.92. The second-order valence-corrected chi connectivity index (χ2v) is 5.22. The minimum absolute atomic E-state index is 0.125. The quantitative estimate of drug-likeness (QED) is 0.753. The van der Waals surface area contributed by atoms with E-state index in [2.05, 4.69) is 10.3 Å². The summed E-state index contributed by atoms with van der Waals surface area (Å²) in [6.45, 7) is 0.445. The Morgan fingerprint density at radius 3 is 2.91 bits per heavy atom. The molecule has 2 rings (SSSR count). The van der Waals surface area contributed by atoms with Gasteiger partial charge in [-0.2, -0.15) is 0 Å². The Morgan fingerprint density at radius 2 is 2.27 bits per heavy atom. The van der Waals surface area contributed by atoms with Crippen molar-refractivity contribution in [3.05, 3.63) is 28.9 Å². The summed E-state index contributed by atoms with van der Waals surface area (Å²) in [5.74, 6) is -0.549. The van der Waals surface area contributed by atoms with Crippen molar-refractivity contribution in [1.82, 2.24) is 19.8 Å². The van der Waals surface area contributed by atoms with Crippen LogP contribution in [-0.4, -0.2) is 59.1 Å². The highest BCUT2D eigenvalue weighted by atomic mass is 16.5. The maximum atomic E-state index is 12.6. The zero-order chi connectivity index (χ0) is 16.2. The Balaban J connectivity index is 2.25. The molecule has 1 aliphatic rings. The monoisotopic (exact) mass is 308 g/mol. The van der Waals surface area contributed by atoms with Crippen molar-refractivity contribution < 1.29 is 14.3 Å². The van der Waals surface area contributed by atoms with Crippen molar-refractivity contribution in [2.24, 2.45) is 0 Å². The number of aromatic nitrogens is 2. The largest absolute Gasteiger partial charge is 0.382 e. The maximum absolute atomic E-state index is 12.6. The van der Waals surface area contributed by atoms with Crippen LogP contribution in [0.3, 0.4) is 0 Å². The molecule has 8 nitrogen and oxygen atoms in total. The molecule has 0 radical (unpaired) electrons. The van der Waals surface area contributed by atoms with Gasteiger partial charge in [-0.05, 0) is 18.9 Å². The Hall–Kier alpha value is -2.22.